The molecule has 0 radical (unpaired) electrons. The van der Waals surface area contributed by atoms with Crippen molar-refractivity contribution >= 4 is 0 Å². The van der Waals surface area contributed by atoms with Crippen LogP contribution >= 0.6 is 0 Å². The van der Waals surface area contributed by atoms with Gasteiger partial charge in [-0.3, -0.25) is 0 Å². The zero-order chi connectivity index (χ0) is 12.8. The van der Waals surface area contributed by atoms with Gasteiger partial charge in [0.15, 0.2) is 0 Å². The summed E-state index contributed by atoms with van der Waals surface area (Å²) in [4.78, 5) is 0. The second-order valence-corrected chi connectivity index (χ2v) is 5.29. The van der Waals surface area contributed by atoms with Crippen LogP contribution in [0.1, 0.15) is 36.8 Å². The summed E-state index contributed by atoms with van der Waals surface area (Å²) < 4.78 is 11.2. The molecule has 0 aliphatic carbocycles. The predicted octanol–water partition coefficient (Wildman–Crippen LogP) is 3.07. The second kappa shape index (κ2) is 3.89. The zero-order valence-electron chi connectivity index (χ0n) is 10.5. The van der Waals surface area contributed by atoms with E-state index in [1.807, 2.05) is 18.2 Å². The first-order chi connectivity index (χ1) is 8.57. The highest BCUT2D eigenvalue weighted by molar-refractivity contribution is 5.48. The van der Waals surface area contributed by atoms with Gasteiger partial charge < -0.3 is 14.3 Å². The Labute approximate surface area is 106 Å². The number of hydrogen-bond donors (Lipinski definition) is 1. The lowest BCUT2D eigenvalue weighted by molar-refractivity contribution is 0.128. The highest BCUT2D eigenvalue weighted by Crippen LogP contribution is 2.41. The van der Waals surface area contributed by atoms with Crippen LogP contribution in [0.5, 0.6) is 5.75 Å². The van der Waals surface area contributed by atoms with E-state index in [0.717, 1.165) is 23.3 Å². The molecule has 1 aromatic heterocycles. The van der Waals surface area contributed by atoms with Crippen molar-refractivity contribution in [3.8, 4) is 5.75 Å². The van der Waals surface area contributed by atoms with E-state index in [-0.39, 0.29) is 5.60 Å². The van der Waals surface area contributed by atoms with Crippen LogP contribution in [0.2, 0.25) is 0 Å². The molecule has 0 saturated heterocycles. The van der Waals surface area contributed by atoms with Gasteiger partial charge in [-0.2, -0.15) is 0 Å². The van der Waals surface area contributed by atoms with Crippen LogP contribution in [0.4, 0.5) is 0 Å². The first kappa shape index (κ1) is 11.4. The van der Waals surface area contributed by atoms with Crippen LogP contribution in [-0.2, 0) is 6.42 Å². The SMILES string of the molecule is CC1(C)Cc2cccc(C(O)c3ccco3)c2O1. The molecule has 1 atom stereocenters. The Hall–Kier alpha value is -1.74. The van der Waals surface area contributed by atoms with E-state index in [2.05, 4.69) is 13.8 Å². The molecule has 1 N–H and O–H groups in total. The quantitative estimate of drug-likeness (QED) is 0.882. The molecule has 0 bridgehead atoms. The fourth-order valence-corrected chi connectivity index (χ4v) is 2.45. The molecule has 0 amide bonds. The molecule has 3 rings (SSSR count). The molecule has 0 saturated carbocycles. The van der Waals surface area contributed by atoms with Gasteiger partial charge in [0.25, 0.3) is 0 Å². The maximum absolute atomic E-state index is 10.3. The van der Waals surface area contributed by atoms with Crippen molar-refractivity contribution in [3.63, 3.8) is 0 Å². The maximum atomic E-state index is 10.3. The average Bonchev–Trinajstić information content (AvgIpc) is 2.91. The van der Waals surface area contributed by atoms with Crippen LogP contribution in [0.15, 0.2) is 41.0 Å². The van der Waals surface area contributed by atoms with Crippen molar-refractivity contribution in [1.29, 1.82) is 0 Å². The summed E-state index contributed by atoms with van der Waals surface area (Å²) >= 11 is 0. The lowest BCUT2D eigenvalue weighted by Crippen LogP contribution is -2.25. The van der Waals surface area contributed by atoms with Crippen LogP contribution in [0.3, 0.4) is 0 Å². The molecular formula is C15H16O3. The number of ether oxygens (including phenoxy) is 1. The Kier molecular flexibility index (Phi) is 2.45. The largest absolute Gasteiger partial charge is 0.487 e. The third-order valence-electron chi connectivity index (χ3n) is 3.23. The minimum Gasteiger partial charge on any atom is -0.487 e. The van der Waals surface area contributed by atoms with Gasteiger partial charge in [0.1, 0.15) is 23.2 Å². The van der Waals surface area contributed by atoms with Crippen molar-refractivity contribution < 1.29 is 14.3 Å². The Morgan fingerprint density at radius 1 is 1.22 bits per heavy atom. The highest BCUT2D eigenvalue weighted by atomic mass is 16.5. The van der Waals surface area contributed by atoms with Crippen molar-refractivity contribution in [2.45, 2.75) is 32.0 Å². The minimum absolute atomic E-state index is 0.207. The fraction of sp³-hybridized carbons (Fsp3) is 0.333. The Bertz CT molecular complexity index is 555. The highest BCUT2D eigenvalue weighted by Gasteiger charge is 2.33. The van der Waals surface area contributed by atoms with E-state index >= 15 is 0 Å². The van der Waals surface area contributed by atoms with E-state index in [1.165, 1.54) is 0 Å². The summed E-state index contributed by atoms with van der Waals surface area (Å²) in [5.41, 5.74) is 1.71. The minimum atomic E-state index is -0.774. The lowest BCUT2D eigenvalue weighted by Gasteiger charge is -2.19. The maximum Gasteiger partial charge on any atom is 0.140 e. The van der Waals surface area contributed by atoms with Crippen LogP contribution < -0.4 is 4.74 Å². The third kappa shape index (κ3) is 1.81. The second-order valence-electron chi connectivity index (χ2n) is 5.29. The number of aliphatic hydroxyl groups is 1. The monoisotopic (exact) mass is 244 g/mol. The Morgan fingerprint density at radius 3 is 2.78 bits per heavy atom. The summed E-state index contributed by atoms with van der Waals surface area (Å²) in [7, 11) is 0. The molecule has 2 heterocycles. The summed E-state index contributed by atoms with van der Waals surface area (Å²) in [5.74, 6) is 1.34. The van der Waals surface area contributed by atoms with Crippen LogP contribution in [-0.4, -0.2) is 10.7 Å². The van der Waals surface area contributed by atoms with Crippen molar-refractivity contribution in [3.05, 3.63) is 53.5 Å². The normalized spacial score (nSPS) is 18.2. The summed E-state index contributed by atoms with van der Waals surface area (Å²) in [5, 5.41) is 10.3. The third-order valence-corrected chi connectivity index (χ3v) is 3.23. The van der Waals surface area contributed by atoms with E-state index in [4.69, 9.17) is 9.15 Å². The summed E-state index contributed by atoms with van der Waals surface area (Å²) in [6, 6.07) is 9.41. The van der Waals surface area contributed by atoms with Gasteiger partial charge in [-0.05, 0) is 31.5 Å². The first-order valence-corrected chi connectivity index (χ1v) is 6.09. The van der Waals surface area contributed by atoms with E-state index < -0.39 is 6.10 Å². The van der Waals surface area contributed by atoms with Gasteiger partial charge in [0, 0.05) is 12.0 Å². The lowest BCUT2D eigenvalue weighted by atomic mass is 9.98. The molecule has 1 aromatic carbocycles. The number of furan rings is 1. The summed E-state index contributed by atoms with van der Waals surface area (Å²) in [6.45, 7) is 4.10. The number of hydrogen-bond acceptors (Lipinski definition) is 3. The molecule has 1 unspecified atom stereocenters. The van der Waals surface area contributed by atoms with Crippen molar-refractivity contribution in [2.24, 2.45) is 0 Å². The number of fused-ring (bicyclic) bond motifs is 1. The Morgan fingerprint density at radius 2 is 2.06 bits per heavy atom. The van der Waals surface area contributed by atoms with Gasteiger partial charge in [-0.1, -0.05) is 18.2 Å². The van der Waals surface area contributed by atoms with Crippen LogP contribution in [0, 0.1) is 0 Å². The standard InChI is InChI=1S/C15H16O3/c1-15(2)9-10-5-3-6-11(14(10)18-15)13(16)12-7-4-8-17-12/h3-8,13,16H,9H2,1-2H3. The molecule has 3 nitrogen and oxygen atoms in total. The predicted molar refractivity (Wildman–Crippen MR) is 67.6 cm³/mol. The smallest absolute Gasteiger partial charge is 0.140 e. The number of para-hydroxylation sites is 1. The molecule has 18 heavy (non-hydrogen) atoms. The molecule has 3 heteroatoms. The number of benzene rings is 1. The number of rotatable bonds is 2. The molecule has 0 fully saturated rings. The van der Waals surface area contributed by atoms with E-state index in [0.29, 0.717) is 5.76 Å². The molecule has 94 valence electrons. The Balaban J connectivity index is 2.03. The van der Waals surface area contributed by atoms with Crippen LogP contribution in [0.25, 0.3) is 0 Å². The van der Waals surface area contributed by atoms with Crippen molar-refractivity contribution in [2.75, 3.05) is 0 Å². The topological polar surface area (TPSA) is 42.6 Å². The number of aliphatic hydroxyl groups excluding tert-OH is 1. The molecule has 1 aliphatic rings. The molecule has 2 aromatic rings. The van der Waals surface area contributed by atoms with E-state index in [1.54, 1.807) is 18.4 Å². The zero-order valence-corrected chi connectivity index (χ0v) is 10.5. The van der Waals surface area contributed by atoms with Gasteiger partial charge in [-0.15, -0.1) is 0 Å². The fourth-order valence-electron chi connectivity index (χ4n) is 2.45. The van der Waals surface area contributed by atoms with Gasteiger partial charge >= 0.3 is 0 Å². The van der Waals surface area contributed by atoms with Crippen molar-refractivity contribution in [1.82, 2.24) is 0 Å². The van der Waals surface area contributed by atoms with Gasteiger partial charge in [-0.25, -0.2) is 0 Å². The molecule has 0 spiro atoms. The molecular weight excluding hydrogens is 228 g/mol. The average molecular weight is 244 g/mol. The van der Waals surface area contributed by atoms with Gasteiger partial charge in [0.05, 0.1) is 6.26 Å². The van der Waals surface area contributed by atoms with E-state index in [9.17, 15) is 5.11 Å². The summed E-state index contributed by atoms with van der Waals surface area (Å²) in [6.07, 6.45) is 1.65. The first-order valence-electron chi connectivity index (χ1n) is 6.09. The molecule has 1 aliphatic heterocycles. The van der Waals surface area contributed by atoms with Gasteiger partial charge in [0.2, 0.25) is 0 Å².